The molecule has 0 bridgehead atoms. The van der Waals surface area contributed by atoms with Crippen LogP contribution < -0.4 is 4.74 Å². The lowest BCUT2D eigenvalue weighted by Gasteiger charge is -1.96. The Bertz CT molecular complexity index is 669. The fourth-order valence-corrected chi connectivity index (χ4v) is 2.61. The van der Waals surface area contributed by atoms with Gasteiger partial charge in [-0.15, -0.1) is 11.3 Å². The Hall–Kier alpha value is -1.81. The molecule has 0 unspecified atom stereocenters. The summed E-state index contributed by atoms with van der Waals surface area (Å²) in [4.78, 5) is 10.3. The van der Waals surface area contributed by atoms with E-state index in [1.807, 2.05) is 18.2 Å². The quantitative estimate of drug-likeness (QED) is 0.747. The molecule has 0 aliphatic rings. The van der Waals surface area contributed by atoms with E-state index in [0.717, 1.165) is 27.5 Å². The molecule has 4 heteroatoms. The van der Waals surface area contributed by atoms with E-state index in [9.17, 15) is 0 Å². The maximum absolute atomic E-state index is 5.20. The van der Waals surface area contributed by atoms with Gasteiger partial charge in [0, 0.05) is 10.9 Å². The van der Waals surface area contributed by atoms with Crippen molar-refractivity contribution in [3.63, 3.8) is 0 Å². The molecule has 86 valence electrons. The summed E-state index contributed by atoms with van der Waals surface area (Å²) in [6.45, 7) is 2.10. The van der Waals surface area contributed by atoms with Crippen LogP contribution in [0.1, 0.15) is 4.88 Å². The Labute approximate surface area is 103 Å². The van der Waals surface area contributed by atoms with Gasteiger partial charge in [0.2, 0.25) is 0 Å². The lowest BCUT2D eigenvalue weighted by Crippen LogP contribution is -1.81. The molecule has 0 spiro atoms. The van der Waals surface area contributed by atoms with E-state index < -0.39 is 0 Å². The highest BCUT2D eigenvalue weighted by Gasteiger charge is 2.07. The molecular weight excluding hydrogens is 232 g/mol. The molecule has 1 N–H and O–H groups in total. The number of aromatic nitrogens is 2. The van der Waals surface area contributed by atoms with Crippen molar-refractivity contribution in [3.8, 4) is 16.5 Å². The Kier molecular flexibility index (Phi) is 2.37. The predicted molar refractivity (Wildman–Crippen MR) is 70.7 cm³/mol. The average Bonchev–Trinajstić information content (AvgIpc) is 2.93. The van der Waals surface area contributed by atoms with Gasteiger partial charge in [0.1, 0.15) is 11.6 Å². The summed E-state index contributed by atoms with van der Waals surface area (Å²) in [5.41, 5.74) is 1.97. The van der Waals surface area contributed by atoms with Gasteiger partial charge in [-0.25, -0.2) is 4.98 Å². The first-order valence-corrected chi connectivity index (χ1v) is 6.18. The molecule has 2 aromatic heterocycles. The number of imidazole rings is 1. The van der Waals surface area contributed by atoms with Crippen molar-refractivity contribution in [1.82, 2.24) is 9.97 Å². The van der Waals surface area contributed by atoms with Crippen LogP contribution in [0.3, 0.4) is 0 Å². The van der Waals surface area contributed by atoms with Gasteiger partial charge in [0.05, 0.1) is 23.0 Å². The lowest BCUT2D eigenvalue weighted by molar-refractivity contribution is 0.415. The number of aryl methyl sites for hydroxylation is 1. The molecule has 0 aliphatic heterocycles. The van der Waals surface area contributed by atoms with E-state index in [1.54, 1.807) is 18.4 Å². The molecular formula is C13H12N2OS. The van der Waals surface area contributed by atoms with E-state index >= 15 is 0 Å². The number of rotatable bonds is 2. The van der Waals surface area contributed by atoms with E-state index in [2.05, 4.69) is 29.0 Å². The summed E-state index contributed by atoms with van der Waals surface area (Å²) in [5, 5.41) is 0. The molecule has 0 atom stereocenters. The standard InChI is InChI=1S/C13H12N2OS/c1-8-3-6-12(17-8)13-14-10-5-4-9(16-2)7-11(10)15-13/h3-7H,1-2H3,(H,14,15). The van der Waals surface area contributed by atoms with Crippen LogP contribution in [0.4, 0.5) is 0 Å². The number of hydrogen-bond acceptors (Lipinski definition) is 3. The second-order valence-corrected chi connectivity index (χ2v) is 5.17. The van der Waals surface area contributed by atoms with Crippen LogP contribution in [0, 0.1) is 6.92 Å². The smallest absolute Gasteiger partial charge is 0.148 e. The van der Waals surface area contributed by atoms with E-state index in [1.165, 1.54) is 4.88 Å². The summed E-state index contributed by atoms with van der Waals surface area (Å²) in [6.07, 6.45) is 0. The average molecular weight is 244 g/mol. The van der Waals surface area contributed by atoms with Crippen LogP contribution in [0.5, 0.6) is 5.75 Å². The summed E-state index contributed by atoms with van der Waals surface area (Å²) in [5.74, 6) is 1.77. The third-order valence-corrected chi connectivity index (χ3v) is 3.67. The molecule has 0 fully saturated rings. The lowest BCUT2D eigenvalue weighted by atomic mass is 10.3. The van der Waals surface area contributed by atoms with Crippen molar-refractivity contribution >= 4 is 22.4 Å². The summed E-state index contributed by atoms with van der Waals surface area (Å²) in [7, 11) is 1.67. The molecule has 1 aromatic carbocycles. The zero-order valence-electron chi connectivity index (χ0n) is 9.65. The second kappa shape index (κ2) is 3.89. The first-order chi connectivity index (χ1) is 8.26. The molecule has 2 heterocycles. The van der Waals surface area contributed by atoms with Gasteiger partial charge >= 0.3 is 0 Å². The highest BCUT2D eigenvalue weighted by molar-refractivity contribution is 7.15. The van der Waals surface area contributed by atoms with Crippen LogP contribution in [-0.4, -0.2) is 17.1 Å². The van der Waals surface area contributed by atoms with E-state index in [-0.39, 0.29) is 0 Å². The topological polar surface area (TPSA) is 37.9 Å². The normalized spacial score (nSPS) is 10.9. The molecule has 0 aliphatic carbocycles. The monoisotopic (exact) mass is 244 g/mol. The van der Waals surface area contributed by atoms with Gasteiger partial charge in [-0.05, 0) is 31.2 Å². The number of nitrogens with one attached hydrogen (secondary N) is 1. The fraction of sp³-hybridized carbons (Fsp3) is 0.154. The number of hydrogen-bond donors (Lipinski definition) is 1. The summed E-state index contributed by atoms with van der Waals surface area (Å²) < 4.78 is 5.20. The number of fused-ring (bicyclic) bond motifs is 1. The zero-order valence-corrected chi connectivity index (χ0v) is 10.5. The fourth-order valence-electron chi connectivity index (χ4n) is 1.79. The molecule has 0 radical (unpaired) electrons. The molecule has 3 rings (SSSR count). The van der Waals surface area contributed by atoms with Crippen LogP contribution in [-0.2, 0) is 0 Å². The van der Waals surface area contributed by atoms with Gasteiger partial charge in [-0.3, -0.25) is 0 Å². The van der Waals surface area contributed by atoms with Gasteiger partial charge in [-0.2, -0.15) is 0 Å². The van der Waals surface area contributed by atoms with Crippen LogP contribution in [0.25, 0.3) is 21.7 Å². The van der Waals surface area contributed by atoms with Gasteiger partial charge in [-0.1, -0.05) is 0 Å². The Balaban J connectivity index is 2.13. The first kappa shape index (κ1) is 10.4. The minimum atomic E-state index is 0.843. The summed E-state index contributed by atoms with van der Waals surface area (Å²) in [6, 6.07) is 10.1. The van der Waals surface area contributed by atoms with Gasteiger partial charge in [0.15, 0.2) is 0 Å². The summed E-state index contributed by atoms with van der Waals surface area (Å²) >= 11 is 1.74. The second-order valence-electron chi connectivity index (χ2n) is 3.88. The molecule has 3 nitrogen and oxygen atoms in total. The number of methoxy groups -OCH3 is 1. The molecule has 0 saturated heterocycles. The van der Waals surface area contributed by atoms with Crippen molar-refractivity contribution in [2.45, 2.75) is 6.92 Å². The molecule has 0 amide bonds. The highest BCUT2D eigenvalue weighted by atomic mass is 32.1. The third-order valence-electron chi connectivity index (χ3n) is 2.66. The number of ether oxygens (including phenoxy) is 1. The number of aromatic amines is 1. The number of nitrogens with zero attached hydrogens (tertiary/aromatic N) is 1. The first-order valence-electron chi connectivity index (χ1n) is 5.37. The minimum Gasteiger partial charge on any atom is -0.497 e. The van der Waals surface area contributed by atoms with Crippen LogP contribution >= 0.6 is 11.3 Å². The SMILES string of the molecule is COc1ccc2nc(-c3ccc(C)s3)[nH]c2c1. The maximum Gasteiger partial charge on any atom is 0.148 e. The Morgan fingerprint density at radius 3 is 2.82 bits per heavy atom. The van der Waals surface area contributed by atoms with Gasteiger partial charge in [0.25, 0.3) is 0 Å². The molecule has 3 aromatic rings. The predicted octanol–water partition coefficient (Wildman–Crippen LogP) is 3.61. The van der Waals surface area contributed by atoms with E-state index in [4.69, 9.17) is 4.74 Å². The van der Waals surface area contributed by atoms with Crippen LogP contribution in [0.15, 0.2) is 30.3 Å². The molecule has 17 heavy (non-hydrogen) atoms. The van der Waals surface area contributed by atoms with Crippen molar-refractivity contribution < 1.29 is 4.74 Å². The van der Waals surface area contributed by atoms with Gasteiger partial charge < -0.3 is 9.72 Å². The maximum atomic E-state index is 5.20. The van der Waals surface area contributed by atoms with Crippen molar-refractivity contribution in [2.75, 3.05) is 7.11 Å². The van der Waals surface area contributed by atoms with Crippen molar-refractivity contribution in [2.24, 2.45) is 0 Å². The third kappa shape index (κ3) is 1.80. The van der Waals surface area contributed by atoms with Crippen molar-refractivity contribution in [1.29, 1.82) is 0 Å². The zero-order chi connectivity index (χ0) is 11.8. The Morgan fingerprint density at radius 2 is 2.12 bits per heavy atom. The Morgan fingerprint density at radius 1 is 1.24 bits per heavy atom. The van der Waals surface area contributed by atoms with Crippen LogP contribution in [0.2, 0.25) is 0 Å². The number of H-pyrrole nitrogens is 1. The number of benzene rings is 1. The highest BCUT2D eigenvalue weighted by Crippen LogP contribution is 2.28. The molecule has 0 saturated carbocycles. The largest absolute Gasteiger partial charge is 0.497 e. The van der Waals surface area contributed by atoms with Crippen molar-refractivity contribution in [3.05, 3.63) is 35.2 Å². The minimum absolute atomic E-state index is 0.843. The number of thiophene rings is 1. The van der Waals surface area contributed by atoms with E-state index in [0.29, 0.717) is 0 Å².